The van der Waals surface area contributed by atoms with Crippen molar-refractivity contribution in [3.8, 4) is 0 Å². The third kappa shape index (κ3) is 5.07. The van der Waals surface area contributed by atoms with Gasteiger partial charge in [-0.1, -0.05) is 30.3 Å². The van der Waals surface area contributed by atoms with Crippen LogP contribution >= 0.6 is 0 Å². The Morgan fingerprint density at radius 1 is 1.10 bits per heavy atom. The largest absolute Gasteiger partial charge is 0.383 e. The zero-order valence-electron chi connectivity index (χ0n) is 11.9. The maximum atomic E-state index is 11.4. The van der Waals surface area contributed by atoms with Gasteiger partial charge in [0.15, 0.2) is 0 Å². The molecule has 1 aromatic carbocycles. The number of anilines is 2. The summed E-state index contributed by atoms with van der Waals surface area (Å²) < 4.78 is 25.2. The number of aromatic nitrogens is 1. The van der Waals surface area contributed by atoms with Crippen LogP contribution in [0.15, 0.2) is 48.7 Å². The van der Waals surface area contributed by atoms with Crippen molar-refractivity contribution in [2.45, 2.75) is 13.3 Å². The van der Waals surface area contributed by atoms with Gasteiger partial charge in [-0.05, 0) is 31.0 Å². The Hall–Kier alpha value is -2.08. The molecule has 0 amide bonds. The summed E-state index contributed by atoms with van der Waals surface area (Å²) in [6.45, 7) is 2.38. The third-order valence-corrected chi connectivity index (χ3v) is 4.27. The van der Waals surface area contributed by atoms with Crippen LogP contribution in [-0.4, -0.2) is 25.7 Å². The van der Waals surface area contributed by atoms with Gasteiger partial charge in [-0.2, -0.15) is 0 Å². The highest BCUT2D eigenvalue weighted by molar-refractivity contribution is 7.92. The average Bonchev–Trinajstić information content (AvgIpc) is 2.50. The highest BCUT2D eigenvalue weighted by atomic mass is 32.2. The third-order valence-electron chi connectivity index (χ3n) is 2.99. The van der Waals surface area contributed by atoms with Crippen LogP contribution in [0.5, 0.6) is 0 Å². The van der Waals surface area contributed by atoms with Crippen molar-refractivity contribution in [1.82, 2.24) is 4.98 Å². The quantitative estimate of drug-likeness (QED) is 0.824. The van der Waals surface area contributed by atoms with E-state index in [-0.39, 0.29) is 5.75 Å². The van der Waals surface area contributed by atoms with Crippen LogP contribution in [0, 0.1) is 0 Å². The highest BCUT2D eigenvalue weighted by Gasteiger charge is 2.07. The monoisotopic (exact) mass is 305 g/mol. The summed E-state index contributed by atoms with van der Waals surface area (Å²) >= 11 is 0. The van der Waals surface area contributed by atoms with Crippen LogP contribution in [0.25, 0.3) is 0 Å². The molecule has 112 valence electrons. The second kappa shape index (κ2) is 7.08. The fourth-order valence-electron chi connectivity index (χ4n) is 1.79. The van der Waals surface area contributed by atoms with Gasteiger partial charge >= 0.3 is 0 Å². The number of pyridine rings is 1. The smallest absolute Gasteiger partial charge is 0.233 e. The predicted molar refractivity (Wildman–Crippen MR) is 86.0 cm³/mol. The van der Waals surface area contributed by atoms with Gasteiger partial charge in [0.05, 0.1) is 17.6 Å². The normalized spacial score (nSPS) is 11.1. The maximum Gasteiger partial charge on any atom is 0.233 e. The Labute approximate surface area is 125 Å². The Balaban J connectivity index is 1.85. The first-order valence-electron chi connectivity index (χ1n) is 6.83. The molecule has 0 saturated carbocycles. The lowest BCUT2D eigenvalue weighted by atomic mass is 10.1. The minimum atomic E-state index is -3.27. The van der Waals surface area contributed by atoms with Gasteiger partial charge in [0.2, 0.25) is 10.0 Å². The first-order valence-corrected chi connectivity index (χ1v) is 8.48. The topological polar surface area (TPSA) is 71.1 Å². The van der Waals surface area contributed by atoms with E-state index in [0.717, 1.165) is 18.7 Å². The number of rotatable bonds is 7. The molecule has 1 heterocycles. The molecule has 6 heteroatoms. The molecule has 0 radical (unpaired) electrons. The molecule has 0 spiro atoms. The molecule has 21 heavy (non-hydrogen) atoms. The molecule has 0 aliphatic carbocycles. The number of benzene rings is 1. The number of hydrogen-bond donors (Lipinski definition) is 2. The Kier molecular flexibility index (Phi) is 5.16. The van der Waals surface area contributed by atoms with Crippen molar-refractivity contribution in [3.05, 3.63) is 54.2 Å². The summed E-state index contributed by atoms with van der Waals surface area (Å²) in [6, 6.07) is 13.7. The Bertz CT molecular complexity index is 655. The van der Waals surface area contributed by atoms with Crippen molar-refractivity contribution in [2.24, 2.45) is 0 Å². The summed E-state index contributed by atoms with van der Waals surface area (Å²) in [6.07, 6.45) is 2.55. The van der Waals surface area contributed by atoms with Gasteiger partial charge < -0.3 is 5.32 Å². The Morgan fingerprint density at radius 2 is 1.86 bits per heavy atom. The van der Waals surface area contributed by atoms with Gasteiger partial charge in [0.25, 0.3) is 0 Å². The molecule has 0 aliphatic heterocycles. The Morgan fingerprint density at radius 3 is 2.48 bits per heavy atom. The van der Waals surface area contributed by atoms with Crippen LogP contribution in [0.2, 0.25) is 0 Å². The first-order chi connectivity index (χ1) is 10.1. The maximum absolute atomic E-state index is 11.4. The summed E-state index contributed by atoms with van der Waals surface area (Å²) in [7, 11) is -3.27. The lowest BCUT2D eigenvalue weighted by Gasteiger charge is -2.08. The van der Waals surface area contributed by atoms with Gasteiger partial charge in [-0.25, -0.2) is 13.4 Å². The molecule has 2 aromatic rings. The SMILES string of the molecule is CCS(=O)(=O)Nc1ccc(NCCc2ccccc2)cn1. The minimum Gasteiger partial charge on any atom is -0.383 e. The molecular weight excluding hydrogens is 286 g/mol. The van der Waals surface area contributed by atoms with E-state index in [1.807, 2.05) is 24.3 Å². The van der Waals surface area contributed by atoms with Gasteiger partial charge in [-0.3, -0.25) is 4.72 Å². The van der Waals surface area contributed by atoms with E-state index in [2.05, 4.69) is 27.2 Å². The van der Waals surface area contributed by atoms with E-state index >= 15 is 0 Å². The van der Waals surface area contributed by atoms with E-state index in [1.54, 1.807) is 19.2 Å². The molecule has 1 aromatic heterocycles. The standard InChI is InChI=1S/C15H19N3O2S/c1-2-21(19,20)18-15-9-8-14(12-17-15)16-11-10-13-6-4-3-5-7-13/h3-9,12,16H,2,10-11H2,1H3,(H,17,18). The van der Waals surface area contributed by atoms with E-state index in [9.17, 15) is 8.42 Å². The van der Waals surface area contributed by atoms with Gasteiger partial charge in [0, 0.05) is 6.54 Å². The van der Waals surface area contributed by atoms with Crippen molar-refractivity contribution >= 4 is 21.5 Å². The number of hydrogen-bond acceptors (Lipinski definition) is 4. The second-order valence-electron chi connectivity index (χ2n) is 4.60. The molecule has 0 bridgehead atoms. The summed E-state index contributed by atoms with van der Waals surface area (Å²) in [5, 5.41) is 3.26. The zero-order chi connectivity index (χ0) is 15.1. The summed E-state index contributed by atoms with van der Waals surface area (Å²) in [4.78, 5) is 4.08. The van der Waals surface area contributed by atoms with Crippen LogP contribution in [0.3, 0.4) is 0 Å². The highest BCUT2D eigenvalue weighted by Crippen LogP contribution is 2.11. The summed E-state index contributed by atoms with van der Waals surface area (Å²) in [5.74, 6) is 0.372. The van der Waals surface area contributed by atoms with E-state index in [0.29, 0.717) is 5.82 Å². The second-order valence-corrected chi connectivity index (χ2v) is 6.61. The number of sulfonamides is 1. The van der Waals surface area contributed by atoms with E-state index in [4.69, 9.17) is 0 Å². The fourth-order valence-corrected chi connectivity index (χ4v) is 2.37. The van der Waals surface area contributed by atoms with Crippen LogP contribution in [0.1, 0.15) is 12.5 Å². The zero-order valence-corrected chi connectivity index (χ0v) is 12.7. The molecular formula is C15H19N3O2S. The molecule has 0 aliphatic rings. The van der Waals surface area contributed by atoms with Crippen molar-refractivity contribution < 1.29 is 8.42 Å². The molecule has 2 N–H and O–H groups in total. The van der Waals surface area contributed by atoms with Crippen molar-refractivity contribution in [1.29, 1.82) is 0 Å². The van der Waals surface area contributed by atoms with Crippen LogP contribution in [0.4, 0.5) is 11.5 Å². The van der Waals surface area contributed by atoms with Crippen molar-refractivity contribution in [3.63, 3.8) is 0 Å². The molecule has 0 atom stereocenters. The van der Waals surface area contributed by atoms with Gasteiger partial charge in [-0.15, -0.1) is 0 Å². The molecule has 0 fully saturated rings. The predicted octanol–water partition coefficient (Wildman–Crippen LogP) is 2.50. The average molecular weight is 305 g/mol. The lowest BCUT2D eigenvalue weighted by Crippen LogP contribution is -2.15. The molecule has 0 saturated heterocycles. The first kappa shape index (κ1) is 15.3. The summed E-state index contributed by atoms with van der Waals surface area (Å²) in [5.41, 5.74) is 2.13. The van der Waals surface area contributed by atoms with E-state index in [1.165, 1.54) is 5.56 Å². The lowest BCUT2D eigenvalue weighted by molar-refractivity contribution is 0.602. The van der Waals surface area contributed by atoms with Crippen molar-refractivity contribution in [2.75, 3.05) is 22.3 Å². The van der Waals surface area contributed by atoms with Crippen LogP contribution in [-0.2, 0) is 16.4 Å². The molecule has 5 nitrogen and oxygen atoms in total. The fraction of sp³-hybridized carbons (Fsp3) is 0.267. The van der Waals surface area contributed by atoms with Crippen LogP contribution < -0.4 is 10.0 Å². The number of nitrogens with zero attached hydrogens (tertiary/aromatic N) is 1. The number of nitrogens with one attached hydrogen (secondary N) is 2. The molecule has 0 unspecified atom stereocenters. The van der Waals surface area contributed by atoms with Gasteiger partial charge in [0.1, 0.15) is 5.82 Å². The molecule has 2 rings (SSSR count). The van der Waals surface area contributed by atoms with E-state index < -0.39 is 10.0 Å². The minimum absolute atomic E-state index is 0.0335.